The highest BCUT2D eigenvalue weighted by molar-refractivity contribution is 6.67. The lowest BCUT2D eigenvalue weighted by atomic mass is 10.1. The van der Waals surface area contributed by atoms with E-state index in [2.05, 4.69) is 0 Å². The molecule has 1 aromatic heterocycles. The third kappa shape index (κ3) is 3.03. The predicted molar refractivity (Wildman–Crippen MR) is 70.3 cm³/mol. The lowest BCUT2D eigenvalue weighted by Crippen LogP contribution is -2.03. The Kier molecular flexibility index (Phi) is 4.02. The Hall–Kier alpha value is -2.07. The Morgan fingerprint density at radius 3 is 2.37 bits per heavy atom. The first-order valence-electron chi connectivity index (χ1n) is 5.69. The Bertz CT molecular complexity index is 598. The van der Waals surface area contributed by atoms with Crippen molar-refractivity contribution >= 4 is 22.8 Å². The molecule has 1 aromatic carbocycles. The van der Waals surface area contributed by atoms with E-state index in [9.17, 15) is 9.59 Å². The predicted octanol–water partition coefficient (Wildman–Crippen LogP) is 3.50. The number of halogens is 1. The van der Waals surface area contributed by atoms with E-state index in [-0.39, 0.29) is 11.7 Å². The monoisotopic (exact) mass is 278 g/mol. The van der Waals surface area contributed by atoms with Crippen molar-refractivity contribution in [1.82, 2.24) is 0 Å². The van der Waals surface area contributed by atoms with E-state index < -0.39 is 5.24 Å². The molecule has 1 heterocycles. The van der Waals surface area contributed by atoms with Crippen molar-refractivity contribution in [2.75, 3.05) is 6.61 Å². The molecule has 2 rings (SSSR count). The minimum atomic E-state index is -0.644. The van der Waals surface area contributed by atoms with Gasteiger partial charge in [0.1, 0.15) is 5.76 Å². The van der Waals surface area contributed by atoms with Crippen molar-refractivity contribution in [2.45, 2.75) is 6.92 Å². The summed E-state index contributed by atoms with van der Waals surface area (Å²) in [6.45, 7) is 2.08. The molecule has 0 radical (unpaired) electrons. The Morgan fingerprint density at radius 2 is 1.84 bits per heavy atom. The summed E-state index contributed by atoms with van der Waals surface area (Å²) in [5, 5.41) is -0.644. The maximum atomic E-state index is 11.5. The minimum Gasteiger partial charge on any atom is -0.462 e. The smallest absolute Gasteiger partial charge is 0.338 e. The fraction of sp³-hybridized carbons (Fsp3) is 0.143. The maximum absolute atomic E-state index is 11.5. The SMILES string of the molecule is CCOC(=O)c1ccc(-c2ccc(C(=O)Cl)o2)cc1. The van der Waals surface area contributed by atoms with Gasteiger partial charge in [-0.25, -0.2) is 4.79 Å². The molecule has 0 unspecified atom stereocenters. The Balaban J connectivity index is 2.22. The highest BCUT2D eigenvalue weighted by Gasteiger charge is 2.11. The summed E-state index contributed by atoms with van der Waals surface area (Å²) in [4.78, 5) is 22.4. The fourth-order valence-electron chi connectivity index (χ4n) is 1.58. The van der Waals surface area contributed by atoms with Gasteiger partial charge in [-0.2, -0.15) is 0 Å². The zero-order valence-electron chi connectivity index (χ0n) is 10.2. The molecule has 0 amide bonds. The summed E-state index contributed by atoms with van der Waals surface area (Å²) in [7, 11) is 0. The van der Waals surface area contributed by atoms with Gasteiger partial charge in [-0.05, 0) is 42.8 Å². The number of rotatable bonds is 4. The van der Waals surface area contributed by atoms with E-state index in [1.165, 1.54) is 6.07 Å². The molecule has 0 saturated heterocycles. The number of hydrogen-bond acceptors (Lipinski definition) is 4. The molecule has 0 bridgehead atoms. The lowest BCUT2D eigenvalue weighted by molar-refractivity contribution is 0.0526. The van der Waals surface area contributed by atoms with Crippen LogP contribution >= 0.6 is 11.6 Å². The van der Waals surface area contributed by atoms with Crippen LogP contribution in [0, 0.1) is 0 Å². The second kappa shape index (κ2) is 5.71. The standard InChI is InChI=1S/C14H11ClO4/c1-2-18-14(17)10-5-3-9(4-6-10)11-7-8-12(19-11)13(15)16/h3-8H,2H2,1H3. The highest BCUT2D eigenvalue weighted by Crippen LogP contribution is 2.23. The molecule has 19 heavy (non-hydrogen) atoms. The van der Waals surface area contributed by atoms with Crippen LogP contribution in [0.5, 0.6) is 0 Å². The first-order valence-corrected chi connectivity index (χ1v) is 6.07. The molecule has 2 aromatic rings. The summed E-state index contributed by atoms with van der Waals surface area (Å²) >= 11 is 5.31. The van der Waals surface area contributed by atoms with Crippen LogP contribution in [0.25, 0.3) is 11.3 Å². The molecule has 0 aliphatic heterocycles. The van der Waals surface area contributed by atoms with Crippen LogP contribution in [0.2, 0.25) is 0 Å². The highest BCUT2D eigenvalue weighted by atomic mass is 35.5. The van der Waals surface area contributed by atoms with E-state index >= 15 is 0 Å². The lowest BCUT2D eigenvalue weighted by Gasteiger charge is -2.02. The molecule has 0 fully saturated rings. The quantitative estimate of drug-likeness (QED) is 0.634. The topological polar surface area (TPSA) is 56.5 Å². The normalized spacial score (nSPS) is 10.2. The second-order valence-electron chi connectivity index (χ2n) is 3.74. The average molecular weight is 279 g/mol. The zero-order valence-corrected chi connectivity index (χ0v) is 10.9. The molecule has 0 atom stereocenters. The largest absolute Gasteiger partial charge is 0.462 e. The molecule has 98 valence electrons. The maximum Gasteiger partial charge on any atom is 0.338 e. The van der Waals surface area contributed by atoms with Gasteiger partial charge in [0.15, 0.2) is 5.76 Å². The summed E-state index contributed by atoms with van der Waals surface area (Å²) in [5.41, 5.74) is 1.21. The Morgan fingerprint density at radius 1 is 1.16 bits per heavy atom. The van der Waals surface area contributed by atoms with Crippen molar-refractivity contribution in [3.05, 3.63) is 47.7 Å². The van der Waals surface area contributed by atoms with Crippen LogP contribution in [-0.2, 0) is 4.74 Å². The van der Waals surface area contributed by atoms with Gasteiger partial charge in [-0.1, -0.05) is 12.1 Å². The molecule has 0 aliphatic carbocycles. The second-order valence-corrected chi connectivity index (χ2v) is 4.08. The third-order valence-corrected chi connectivity index (χ3v) is 2.67. The third-order valence-electron chi connectivity index (χ3n) is 2.48. The van der Waals surface area contributed by atoms with E-state index in [1.807, 2.05) is 0 Å². The van der Waals surface area contributed by atoms with Crippen LogP contribution in [0.3, 0.4) is 0 Å². The van der Waals surface area contributed by atoms with E-state index in [0.717, 1.165) is 5.56 Å². The summed E-state index contributed by atoms with van der Waals surface area (Å²) in [6.07, 6.45) is 0. The molecular weight excluding hydrogens is 268 g/mol. The molecule has 4 nitrogen and oxygen atoms in total. The number of hydrogen-bond donors (Lipinski definition) is 0. The van der Waals surface area contributed by atoms with Gasteiger partial charge in [0.2, 0.25) is 0 Å². The zero-order chi connectivity index (χ0) is 13.8. The van der Waals surface area contributed by atoms with Crippen molar-refractivity contribution in [3.63, 3.8) is 0 Å². The molecule has 5 heteroatoms. The van der Waals surface area contributed by atoms with Crippen molar-refractivity contribution in [2.24, 2.45) is 0 Å². The van der Waals surface area contributed by atoms with E-state index in [1.54, 1.807) is 37.3 Å². The van der Waals surface area contributed by atoms with Crippen molar-refractivity contribution < 1.29 is 18.7 Å². The first kappa shape index (κ1) is 13.4. The van der Waals surface area contributed by atoms with Gasteiger partial charge in [0.25, 0.3) is 5.24 Å². The van der Waals surface area contributed by atoms with Crippen LogP contribution in [-0.4, -0.2) is 17.8 Å². The van der Waals surface area contributed by atoms with E-state index in [4.69, 9.17) is 20.8 Å². The van der Waals surface area contributed by atoms with Crippen LogP contribution in [0.4, 0.5) is 0 Å². The molecule has 0 aliphatic rings. The van der Waals surface area contributed by atoms with Crippen LogP contribution < -0.4 is 0 Å². The number of furan rings is 1. The van der Waals surface area contributed by atoms with Crippen LogP contribution in [0.15, 0.2) is 40.8 Å². The molecular formula is C14H11ClO4. The first-order chi connectivity index (χ1) is 9.11. The van der Waals surface area contributed by atoms with Gasteiger partial charge in [-0.3, -0.25) is 4.79 Å². The Labute approximate surface area is 114 Å². The van der Waals surface area contributed by atoms with Crippen LogP contribution in [0.1, 0.15) is 27.8 Å². The molecule has 0 N–H and O–H groups in total. The number of ether oxygens (including phenoxy) is 1. The van der Waals surface area contributed by atoms with Gasteiger partial charge in [-0.15, -0.1) is 0 Å². The van der Waals surface area contributed by atoms with Gasteiger partial charge >= 0.3 is 5.97 Å². The fourth-order valence-corrected chi connectivity index (χ4v) is 1.69. The number of carbonyl (C=O) groups is 2. The van der Waals surface area contributed by atoms with E-state index in [0.29, 0.717) is 17.9 Å². The van der Waals surface area contributed by atoms with Gasteiger partial charge in [0.05, 0.1) is 12.2 Å². The minimum absolute atomic E-state index is 0.0890. The number of esters is 1. The average Bonchev–Trinajstić information content (AvgIpc) is 2.89. The summed E-state index contributed by atoms with van der Waals surface area (Å²) < 4.78 is 10.2. The number of carbonyl (C=O) groups excluding carboxylic acids is 2. The molecule has 0 saturated carbocycles. The number of benzene rings is 1. The summed E-state index contributed by atoms with van der Waals surface area (Å²) in [6, 6.07) is 9.86. The molecule has 0 spiro atoms. The van der Waals surface area contributed by atoms with Gasteiger partial charge < -0.3 is 9.15 Å². The van der Waals surface area contributed by atoms with Gasteiger partial charge in [0, 0.05) is 5.56 Å². The summed E-state index contributed by atoms with van der Waals surface area (Å²) in [5.74, 6) is 0.232. The van der Waals surface area contributed by atoms with Crippen molar-refractivity contribution in [3.8, 4) is 11.3 Å². The van der Waals surface area contributed by atoms with Crippen molar-refractivity contribution in [1.29, 1.82) is 0 Å².